The summed E-state index contributed by atoms with van der Waals surface area (Å²) in [6, 6.07) is 6.78. The van der Waals surface area contributed by atoms with Gasteiger partial charge in [0.05, 0.1) is 11.3 Å². The van der Waals surface area contributed by atoms with E-state index in [1.165, 1.54) is 0 Å². The lowest BCUT2D eigenvalue weighted by Crippen LogP contribution is -2.14. The number of hydrogen-bond donors (Lipinski definition) is 2. The molecule has 1 aliphatic rings. The van der Waals surface area contributed by atoms with E-state index in [0.29, 0.717) is 23.5 Å². The molecular formula is C14H14N2O3. The van der Waals surface area contributed by atoms with Gasteiger partial charge in [-0.05, 0) is 18.9 Å². The predicted octanol–water partition coefficient (Wildman–Crippen LogP) is 2.08. The Labute approximate surface area is 110 Å². The molecule has 1 unspecified atom stereocenters. The summed E-state index contributed by atoms with van der Waals surface area (Å²) in [5.41, 5.74) is 1.42. The Kier molecular flexibility index (Phi) is 2.83. The van der Waals surface area contributed by atoms with E-state index in [2.05, 4.69) is 4.98 Å². The monoisotopic (exact) mass is 258 g/mol. The molecule has 0 bridgehead atoms. The molecule has 1 aromatic carbocycles. The molecule has 0 radical (unpaired) electrons. The van der Waals surface area contributed by atoms with Crippen LogP contribution in [0.3, 0.4) is 0 Å². The number of carboxylic acid groups (broad SMARTS) is 1. The van der Waals surface area contributed by atoms with Crippen LogP contribution >= 0.6 is 0 Å². The molecule has 2 aromatic rings. The lowest BCUT2D eigenvalue weighted by atomic mass is 10.1. The molecule has 0 amide bonds. The molecule has 1 aromatic heterocycles. The van der Waals surface area contributed by atoms with Gasteiger partial charge in [0.15, 0.2) is 0 Å². The summed E-state index contributed by atoms with van der Waals surface area (Å²) in [6.45, 7) is 0.814. The molecule has 19 heavy (non-hydrogen) atoms. The van der Waals surface area contributed by atoms with E-state index < -0.39 is 12.1 Å². The number of nitrogens with zero attached hydrogens (tertiary/aromatic N) is 2. The Hall–Kier alpha value is -2.14. The largest absolute Gasteiger partial charge is 0.478 e. The number of aromatic carboxylic acids is 1. The fourth-order valence-electron chi connectivity index (χ4n) is 2.48. The summed E-state index contributed by atoms with van der Waals surface area (Å²) in [4.78, 5) is 15.6. The van der Waals surface area contributed by atoms with Gasteiger partial charge in [-0.15, -0.1) is 0 Å². The standard InChI is InChI=1S/C14H14N2O3/c17-12-6-3-7-16-8-11(15-13(12)16)9-4-1-2-5-10(9)14(18)19/h1-2,4-5,8,12,17H,3,6-7H2,(H,18,19). The maximum atomic E-state index is 11.2. The van der Waals surface area contributed by atoms with Crippen molar-refractivity contribution in [3.63, 3.8) is 0 Å². The molecule has 0 aliphatic carbocycles. The number of carboxylic acids is 1. The highest BCUT2D eigenvalue weighted by Gasteiger charge is 2.22. The van der Waals surface area contributed by atoms with Crippen LogP contribution in [0.4, 0.5) is 0 Å². The number of aromatic nitrogens is 2. The average Bonchev–Trinajstić information content (AvgIpc) is 2.84. The number of aliphatic hydroxyl groups excluding tert-OH is 1. The van der Waals surface area contributed by atoms with Gasteiger partial charge < -0.3 is 14.8 Å². The van der Waals surface area contributed by atoms with Gasteiger partial charge in [-0.3, -0.25) is 0 Å². The first-order valence-corrected chi connectivity index (χ1v) is 6.24. The highest BCUT2D eigenvalue weighted by atomic mass is 16.4. The molecule has 1 atom stereocenters. The van der Waals surface area contributed by atoms with Crippen LogP contribution in [-0.4, -0.2) is 25.7 Å². The summed E-state index contributed by atoms with van der Waals surface area (Å²) >= 11 is 0. The summed E-state index contributed by atoms with van der Waals surface area (Å²) < 4.78 is 1.90. The van der Waals surface area contributed by atoms with Crippen LogP contribution in [0.2, 0.25) is 0 Å². The van der Waals surface area contributed by atoms with E-state index in [9.17, 15) is 15.0 Å². The highest BCUT2D eigenvalue weighted by molar-refractivity contribution is 5.95. The van der Waals surface area contributed by atoms with Crippen molar-refractivity contribution in [2.24, 2.45) is 0 Å². The number of carbonyl (C=O) groups is 1. The van der Waals surface area contributed by atoms with Crippen molar-refractivity contribution in [3.8, 4) is 11.3 Å². The minimum Gasteiger partial charge on any atom is -0.478 e. The third kappa shape index (κ3) is 2.02. The van der Waals surface area contributed by atoms with Crippen molar-refractivity contribution < 1.29 is 15.0 Å². The van der Waals surface area contributed by atoms with E-state index in [0.717, 1.165) is 13.0 Å². The van der Waals surface area contributed by atoms with Crippen molar-refractivity contribution in [2.75, 3.05) is 0 Å². The fraction of sp³-hybridized carbons (Fsp3) is 0.286. The van der Waals surface area contributed by atoms with Crippen molar-refractivity contribution in [3.05, 3.63) is 41.9 Å². The topological polar surface area (TPSA) is 75.3 Å². The molecule has 2 N–H and O–H groups in total. The lowest BCUT2D eigenvalue weighted by molar-refractivity contribution is 0.0697. The third-order valence-electron chi connectivity index (χ3n) is 3.42. The Morgan fingerprint density at radius 1 is 1.37 bits per heavy atom. The molecule has 98 valence electrons. The predicted molar refractivity (Wildman–Crippen MR) is 68.8 cm³/mol. The van der Waals surface area contributed by atoms with E-state index in [1.54, 1.807) is 24.3 Å². The van der Waals surface area contributed by atoms with Gasteiger partial charge in [-0.2, -0.15) is 0 Å². The average molecular weight is 258 g/mol. The minimum atomic E-state index is -0.970. The van der Waals surface area contributed by atoms with Gasteiger partial charge in [-0.1, -0.05) is 18.2 Å². The van der Waals surface area contributed by atoms with Crippen molar-refractivity contribution >= 4 is 5.97 Å². The zero-order chi connectivity index (χ0) is 13.4. The maximum Gasteiger partial charge on any atom is 0.336 e. The van der Waals surface area contributed by atoms with Gasteiger partial charge in [0, 0.05) is 18.3 Å². The molecular weight excluding hydrogens is 244 g/mol. The van der Waals surface area contributed by atoms with Crippen LogP contribution in [0.5, 0.6) is 0 Å². The van der Waals surface area contributed by atoms with Gasteiger partial charge in [0.1, 0.15) is 11.9 Å². The van der Waals surface area contributed by atoms with Gasteiger partial charge in [0.2, 0.25) is 0 Å². The Bertz CT molecular complexity index is 633. The second-order valence-corrected chi connectivity index (χ2v) is 4.69. The number of rotatable bonds is 2. The van der Waals surface area contributed by atoms with Gasteiger partial charge >= 0.3 is 5.97 Å². The number of benzene rings is 1. The van der Waals surface area contributed by atoms with Crippen molar-refractivity contribution in [1.29, 1.82) is 0 Å². The number of aryl methyl sites for hydroxylation is 1. The molecule has 5 heteroatoms. The van der Waals surface area contributed by atoms with Crippen LogP contribution in [0.15, 0.2) is 30.5 Å². The normalized spacial score (nSPS) is 18.1. The zero-order valence-corrected chi connectivity index (χ0v) is 10.3. The summed E-state index contributed by atoms with van der Waals surface area (Å²) in [7, 11) is 0. The quantitative estimate of drug-likeness (QED) is 0.864. The minimum absolute atomic E-state index is 0.229. The first kappa shape index (κ1) is 11.9. The number of hydrogen-bond acceptors (Lipinski definition) is 3. The molecule has 0 fully saturated rings. The number of imidazole rings is 1. The first-order valence-electron chi connectivity index (χ1n) is 6.24. The van der Waals surface area contributed by atoms with Crippen LogP contribution in [-0.2, 0) is 6.54 Å². The van der Waals surface area contributed by atoms with Crippen LogP contribution in [0.1, 0.15) is 35.1 Å². The summed E-state index contributed by atoms with van der Waals surface area (Å²) in [5.74, 6) is -0.344. The number of fused-ring (bicyclic) bond motifs is 1. The second kappa shape index (κ2) is 4.51. The van der Waals surface area contributed by atoms with Crippen LogP contribution in [0.25, 0.3) is 11.3 Å². The Morgan fingerprint density at radius 2 is 2.16 bits per heavy atom. The smallest absolute Gasteiger partial charge is 0.336 e. The summed E-state index contributed by atoms with van der Waals surface area (Å²) in [5, 5.41) is 19.1. The molecule has 1 aliphatic heterocycles. The van der Waals surface area contributed by atoms with Gasteiger partial charge in [0.25, 0.3) is 0 Å². The molecule has 0 spiro atoms. The maximum absolute atomic E-state index is 11.2. The first-order chi connectivity index (χ1) is 9.16. The van der Waals surface area contributed by atoms with E-state index in [1.807, 2.05) is 10.8 Å². The van der Waals surface area contributed by atoms with E-state index in [4.69, 9.17) is 0 Å². The molecule has 5 nitrogen and oxygen atoms in total. The SMILES string of the molecule is O=C(O)c1ccccc1-c1cn2c(n1)C(O)CCC2. The van der Waals surface area contributed by atoms with Crippen LogP contribution < -0.4 is 0 Å². The Balaban J connectivity index is 2.11. The highest BCUT2D eigenvalue weighted by Crippen LogP contribution is 2.29. The fourth-order valence-corrected chi connectivity index (χ4v) is 2.48. The van der Waals surface area contributed by atoms with E-state index >= 15 is 0 Å². The van der Waals surface area contributed by atoms with Gasteiger partial charge in [-0.25, -0.2) is 9.78 Å². The summed E-state index contributed by atoms with van der Waals surface area (Å²) in [6.07, 6.45) is 2.88. The van der Waals surface area contributed by atoms with Crippen LogP contribution in [0, 0.1) is 0 Å². The molecule has 0 saturated heterocycles. The van der Waals surface area contributed by atoms with Crippen molar-refractivity contribution in [1.82, 2.24) is 9.55 Å². The second-order valence-electron chi connectivity index (χ2n) is 4.69. The lowest BCUT2D eigenvalue weighted by Gasteiger charge is -2.18. The third-order valence-corrected chi connectivity index (χ3v) is 3.42. The number of aliphatic hydroxyl groups is 1. The Morgan fingerprint density at radius 3 is 2.89 bits per heavy atom. The van der Waals surface area contributed by atoms with Crippen molar-refractivity contribution in [2.45, 2.75) is 25.5 Å². The zero-order valence-electron chi connectivity index (χ0n) is 10.3. The molecule has 0 saturated carbocycles. The molecule has 3 rings (SSSR count). The molecule has 2 heterocycles. The van der Waals surface area contributed by atoms with E-state index in [-0.39, 0.29) is 5.56 Å².